The summed E-state index contributed by atoms with van der Waals surface area (Å²) in [5, 5.41) is 0. The van der Waals surface area contributed by atoms with E-state index in [9.17, 15) is 4.79 Å². The summed E-state index contributed by atoms with van der Waals surface area (Å²) in [7, 11) is 0. The Labute approximate surface area is 173 Å². The maximum atomic E-state index is 13.6. The lowest BCUT2D eigenvalue weighted by Crippen LogP contribution is -2.40. The van der Waals surface area contributed by atoms with E-state index in [-0.39, 0.29) is 12.0 Å². The number of carbonyl (C=O) groups excluding carboxylic acids is 1. The van der Waals surface area contributed by atoms with E-state index in [1.54, 1.807) is 6.33 Å². The number of hydrogen-bond donors (Lipinski definition) is 0. The van der Waals surface area contributed by atoms with Gasteiger partial charge in [0.2, 0.25) is 5.91 Å². The molecule has 0 bridgehead atoms. The highest BCUT2D eigenvalue weighted by molar-refractivity contribution is 5.80. The predicted molar refractivity (Wildman–Crippen MR) is 113 cm³/mol. The van der Waals surface area contributed by atoms with E-state index >= 15 is 0 Å². The molecule has 5 nitrogen and oxygen atoms in total. The van der Waals surface area contributed by atoms with Crippen LogP contribution >= 0.6 is 0 Å². The van der Waals surface area contributed by atoms with Gasteiger partial charge in [-0.1, -0.05) is 43.5 Å². The lowest BCUT2D eigenvalue weighted by Gasteiger charge is -2.34. The molecule has 2 aliphatic heterocycles. The number of benzene rings is 1. The molecule has 3 fully saturated rings. The van der Waals surface area contributed by atoms with Crippen LogP contribution < -0.4 is 4.90 Å². The monoisotopic (exact) mass is 390 g/mol. The Balaban J connectivity index is 1.45. The van der Waals surface area contributed by atoms with Crippen molar-refractivity contribution in [2.24, 2.45) is 17.8 Å². The Kier molecular flexibility index (Phi) is 4.98. The number of fused-ring (bicyclic) bond motifs is 1. The fraction of sp³-hybridized carbons (Fsp3) is 0.542. The molecule has 0 N–H and O–H groups in total. The first kappa shape index (κ1) is 18.6. The Morgan fingerprint density at radius 3 is 2.62 bits per heavy atom. The number of aromatic nitrogens is 2. The molecule has 1 amide bonds. The van der Waals surface area contributed by atoms with E-state index in [0.717, 1.165) is 38.3 Å². The Hall–Kier alpha value is -2.43. The van der Waals surface area contributed by atoms with Crippen molar-refractivity contribution < 1.29 is 4.79 Å². The highest BCUT2D eigenvalue weighted by Crippen LogP contribution is 2.47. The minimum Gasteiger partial charge on any atom is -0.356 e. The van der Waals surface area contributed by atoms with Crippen molar-refractivity contribution in [3.05, 3.63) is 54.0 Å². The van der Waals surface area contributed by atoms with E-state index in [2.05, 4.69) is 51.0 Å². The number of carbonyl (C=O) groups is 1. The number of nitrogens with zero attached hydrogens (tertiary/aromatic N) is 4. The summed E-state index contributed by atoms with van der Waals surface area (Å²) in [4.78, 5) is 26.7. The van der Waals surface area contributed by atoms with Gasteiger partial charge >= 0.3 is 0 Å². The van der Waals surface area contributed by atoms with Gasteiger partial charge in [-0.25, -0.2) is 9.97 Å². The van der Waals surface area contributed by atoms with E-state index in [0.29, 0.717) is 17.7 Å². The summed E-state index contributed by atoms with van der Waals surface area (Å²) in [5.41, 5.74) is 2.62. The maximum Gasteiger partial charge on any atom is 0.226 e. The van der Waals surface area contributed by atoms with Crippen LogP contribution in [0.3, 0.4) is 0 Å². The van der Waals surface area contributed by atoms with Crippen molar-refractivity contribution in [3.8, 4) is 0 Å². The van der Waals surface area contributed by atoms with Crippen LogP contribution in [0.2, 0.25) is 0 Å². The standard InChI is InChI=1S/C24H30N4O/c1-17-7-5-6-10-20(17)23-21-15-27(22-11-12-25-16-26-22)13-19(21)14-28(23)24(29)18-8-3-2-4-9-18/h5-7,10-12,16,18-19,21,23H,2-4,8-9,13-15H2,1H3/t19-,21-,23+/m0/s1. The van der Waals surface area contributed by atoms with Crippen molar-refractivity contribution in [1.82, 2.24) is 14.9 Å². The second-order valence-corrected chi connectivity index (χ2v) is 9.02. The van der Waals surface area contributed by atoms with Gasteiger partial charge in [0.25, 0.3) is 0 Å². The Morgan fingerprint density at radius 2 is 1.86 bits per heavy atom. The second-order valence-electron chi connectivity index (χ2n) is 9.02. The summed E-state index contributed by atoms with van der Waals surface area (Å²) in [6.45, 7) is 4.98. The molecule has 1 aromatic heterocycles. The van der Waals surface area contributed by atoms with E-state index in [4.69, 9.17) is 0 Å². The molecule has 5 heteroatoms. The average molecular weight is 391 g/mol. The summed E-state index contributed by atoms with van der Waals surface area (Å²) >= 11 is 0. The number of aryl methyl sites for hydroxylation is 1. The smallest absolute Gasteiger partial charge is 0.226 e. The normalized spacial score (nSPS) is 27.3. The van der Waals surface area contributed by atoms with Crippen molar-refractivity contribution in [3.63, 3.8) is 0 Å². The summed E-state index contributed by atoms with van der Waals surface area (Å²) in [6.07, 6.45) is 9.26. The molecule has 1 aliphatic carbocycles. The van der Waals surface area contributed by atoms with E-state index in [1.807, 2.05) is 12.3 Å². The topological polar surface area (TPSA) is 49.3 Å². The zero-order chi connectivity index (χ0) is 19.8. The van der Waals surface area contributed by atoms with Gasteiger partial charge in [0, 0.05) is 43.6 Å². The molecular formula is C24H30N4O. The highest BCUT2D eigenvalue weighted by atomic mass is 16.2. The summed E-state index contributed by atoms with van der Waals surface area (Å²) in [6, 6.07) is 10.8. The third kappa shape index (κ3) is 3.41. The van der Waals surface area contributed by atoms with Gasteiger partial charge in [-0.05, 0) is 37.0 Å². The quantitative estimate of drug-likeness (QED) is 0.795. The van der Waals surface area contributed by atoms with Crippen LogP contribution in [-0.2, 0) is 4.79 Å². The first-order chi connectivity index (χ1) is 14.2. The van der Waals surface area contributed by atoms with E-state index in [1.165, 1.54) is 30.4 Å². The third-order valence-electron chi connectivity index (χ3n) is 7.30. The van der Waals surface area contributed by atoms with Crippen molar-refractivity contribution in [2.45, 2.75) is 45.1 Å². The minimum atomic E-state index is 0.183. The van der Waals surface area contributed by atoms with Gasteiger partial charge in [-0.2, -0.15) is 0 Å². The van der Waals surface area contributed by atoms with Gasteiger partial charge in [-0.3, -0.25) is 4.79 Å². The molecule has 29 heavy (non-hydrogen) atoms. The molecule has 2 saturated heterocycles. The Morgan fingerprint density at radius 1 is 1.03 bits per heavy atom. The van der Waals surface area contributed by atoms with Crippen LogP contribution in [0.4, 0.5) is 5.82 Å². The van der Waals surface area contributed by atoms with Crippen LogP contribution in [0.25, 0.3) is 0 Å². The molecule has 152 valence electrons. The van der Waals surface area contributed by atoms with Gasteiger partial charge in [0.15, 0.2) is 0 Å². The maximum absolute atomic E-state index is 13.6. The molecule has 3 aliphatic rings. The van der Waals surface area contributed by atoms with Crippen LogP contribution in [0.15, 0.2) is 42.9 Å². The molecule has 3 heterocycles. The fourth-order valence-corrected chi connectivity index (χ4v) is 5.83. The van der Waals surface area contributed by atoms with Gasteiger partial charge in [-0.15, -0.1) is 0 Å². The lowest BCUT2D eigenvalue weighted by molar-refractivity contribution is -0.138. The Bertz CT molecular complexity index is 864. The number of anilines is 1. The first-order valence-corrected chi connectivity index (χ1v) is 11.1. The van der Waals surface area contributed by atoms with Crippen molar-refractivity contribution in [1.29, 1.82) is 0 Å². The molecule has 5 rings (SSSR count). The molecule has 0 unspecified atom stereocenters. The summed E-state index contributed by atoms with van der Waals surface area (Å²) in [5.74, 6) is 2.59. The molecule has 3 atom stereocenters. The highest BCUT2D eigenvalue weighted by Gasteiger charge is 2.50. The fourth-order valence-electron chi connectivity index (χ4n) is 5.83. The second kappa shape index (κ2) is 7.77. The van der Waals surface area contributed by atoms with Crippen LogP contribution in [0, 0.1) is 24.7 Å². The summed E-state index contributed by atoms with van der Waals surface area (Å²) < 4.78 is 0. The predicted octanol–water partition coefficient (Wildman–Crippen LogP) is 4.00. The number of hydrogen-bond acceptors (Lipinski definition) is 4. The largest absolute Gasteiger partial charge is 0.356 e. The van der Waals surface area contributed by atoms with Crippen molar-refractivity contribution in [2.75, 3.05) is 24.5 Å². The average Bonchev–Trinajstić information content (AvgIpc) is 3.33. The van der Waals surface area contributed by atoms with Crippen LogP contribution in [-0.4, -0.2) is 40.4 Å². The van der Waals surface area contributed by atoms with Gasteiger partial charge in [0.05, 0.1) is 6.04 Å². The number of likely N-dealkylation sites (tertiary alicyclic amines) is 1. The zero-order valence-corrected chi connectivity index (χ0v) is 17.2. The SMILES string of the molecule is Cc1ccccc1[C@@H]1[C@H]2CN(c3ccncn3)C[C@H]2CN1C(=O)C1CCCCC1. The first-order valence-electron chi connectivity index (χ1n) is 11.1. The lowest BCUT2D eigenvalue weighted by atomic mass is 9.86. The third-order valence-corrected chi connectivity index (χ3v) is 7.30. The van der Waals surface area contributed by atoms with Gasteiger partial charge in [0.1, 0.15) is 12.1 Å². The van der Waals surface area contributed by atoms with Gasteiger partial charge < -0.3 is 9.80 Å². The van der Waals surface area contributed by atoms with Crippen LogP contribution in [0.5, 0.6) is 0 Å². The zero-order valence-electron chi connectivity index (χ0n) is 17.2. The van der Waals surface area contributed by atoms with Crippen LogP contribution in [0.1, 0.15) is 49.3 Å². The number of rotatable bonds is 3. The number of amides is 1. The molecule has 2 aromatic rings. The molecule has 0 radical (unpaired) electrons. The molecule has 1 saturated carbocycles. The minimum absolute atomic E-state index is 0.183. The molecular weight excluding hydrogens is 360 g/mol. The molecule has 0 spiro atoms. The molecule has 1 aromatic carbocycles. The van der Waals surface area contributed by atoms with Crippen molar-refractivity contribution >= 4 is 11.7 Å². The van der Waals surface area contributed by atoms with E-state index < -0.39 is 0 Å².